The maximum atomic E-state index is 12.3. The van der Waals surface area contributed by atoms with Gasteiger partial charge in [-0.25, -0.2) is 0 Å². The van der Waals surface area contributed by atoms with Crippen LogP contribution in [-0.4, -0.2) is 24.3 Å². The number of nitrogens with one attached hydrogen (secondary N) is 1. The number of nitrogens with zero attached hydrogens (tertiary/aromatic N) is 1. The third-order valence-electron chi connectivity index (χ3n) is 4.53. The van der Waals surface area contributed by atoms with E-state index in [2.05, 4.69) is 5.32 Å². The van der Waals surface area contributed by atoms with E-state index in [0.29, 0.717) is 16.8 Å². The van der Waals surface area contributed by atoms with E-state index in [1.165, 1.54) is 0 Å². The van der Waals surface area contributed by atoms with Crippen LogP contribution in [0.1, 0.15) is 28.8 Å². The number of amides is 1. The summed E-state index contributed by atoms with van der Waals surface area (Å²) >= 11 is 0. The van der Waals surface area contributed by atoms with Gasteiger partial charge in [0.1, 0.15) is 0 Å². The van der Waals surface area contributed by atoms with Crippen molar-refractivity contribution in [2.24, 2.45) is 0 Å². The highest BCUT2D eigenvalue weighted by Crippen LogP contribution is 2.20. The number of benzene rings is 3. The van der Waals surface area contributed by atoms with Crippen LogP contribution in [0.25, 0.3) is 11.1 Å². The zero-order chi connectivity index (χ0) is 22.1. The molecule has 31 heavy (non-hydrogen) atoms. The molecule has 1 amide bonds. The summed E-state index contributed by atoms with van der Waals surface area (Å²) in [6, 6.07) is 25.3. The zero-order valence-corrected chi connectivity index (χ0v) is 16.7. The van der Waals surface area contributed by atoms with Crippen molar-refractivity contribution in [1.82, 2.24) is 0 Å². The SMILES string of the molecule is N#Cc1ccc(NC(=O)COC(=O)CCC(=O)c2ccc(-c3ccccc3)cc2)cc1. The van der Waals surface area contributed by atoms with Gasteiger partial charge in [-0.05, 0) is 35.4 Å². The number of anilines is 1. The van der Waals surface area contributed by atoms with Gasteiger partial charge in [0.25, 0.3) is 5.91 Å². The number of Topliss-reactive ketones (excluding diaryl/α,β-unsaturated/α-hetero) is 1. The van der Waals surface area contributed by atoms with Gasteiger partial charge < -0.3 is 10.1 Å². The Hall–Kier alpha value is -4.24. The number of ether oxygens (including phenoxy) is 1. The topological polar surface area (TPSA) is 96.3 Å². The average molecular weight is 412 g/mol. The van der Waals surface area contributed by atoms with E-state index in [1.54, 1.807) is 36.4 Å². The fourth-order valence-corrected chi connectivity index (χ4v) is 2.88. The Morgan fingerprint density at radius 2 is 1.45 bits per heavy atom. The number of ketones is 1. The molecular formula is C25H20N2O4. The molecule has 1 N–H and O–H groups in total. The standard InChI is InChI=1S/C25H20N2O4/c26-16-18-6-12-22(13-7-18)27-24(29)17-31-25(30)15-14-23(28)21-10-8-20(9-11-21)19-4-2-1-3-5-19/h1-13H,14-15,17H2,(H,27,29). The summed E-state index contributed by atoms with van der Waals surface area (Å²) in [4.78, 5) is 36.0. The van der Waals surface area contributed by atoms with Crippen molar-refractivity contribution >= 4 is 23.3 Å². The van der Waals surface area contributed by atoms with Crippen molar-refractivity contribution in [1.29, 1.82) is 5.26 Å². The minimum absolute atomic E-state index is 0.000752. The van der Waals surface area contributed by atoms with E-state index in [1.807, 2.05) is 48.5 Å². The first-order valence-electron chi connectivity index (χ1n) is 9.69. The zero-order valence-electron chi connectivity index (χ0n) is 16.7. The lowest BCUT2D eigenvalue weighted by Gasteiger charge is -2.07. The molecule has 3 rings (SSSR count). The first kappa shape index (κ1) is 21.5. The lowest BCUT2D eigenvalue weighted by atomic mass is 10.0. The Morgan fingerprint density at radius 3 is 2.10 bits per heavy atom. The van der Waals surface area contributed by atoms with Crippen molar-refractivity contribution in [3.63, 3.8) is 0 Å². The molecule has 0 bridgehead atoms. The summed E-state index contributed by atoms with van der Waals surface area (Å²) in [6.07, 6.45) is -0.107. The van der Waals surface area contributed by atoms with E-state index in [9.17, 15) is 14.4 Å². The smallest absolute Gasteiger partial charge is 0.306 e. The second kappa shape index (κ2) is 10.5. The van der Waals surface area contributed by atoms with Crippen LogP contribution in [0, 0.1) is 11.3 Å². The Morgan fingerprint density at radius 1 is 0.806 bits per heavy atom. The first-order chi connectivity index (χ1) is 15.0. The summed E-state index contributed by atoms with van der Waals surface area (Å²) in [6.45, 7) is -0.446. The summed E-state index contributed by atoms with van der Waals surface area (Å²) in [5, 5.41) is 11.3. The van der Waals surface area contributed by atoms with Gasteiger partial charge >= 0.3 is 5.97 Å². The largest absolute Gasteiger partial charge is 0.456 e. The number of carbonyl (C=O) groups is 3. The van der Waals surface area contributed by atoms with Crippen LogP contribution >= 0.6 is 0 Å². The van der Waals surface area contributed by atoms with Crippen LogP contribution in [-0.2, 0) is 14.3 Å². The highest BCUT2D eigenvalue weighted by atomic mass is 16.5. The predicted octanol–water partition coefficient (Wildman–Crippen LogP) is 4.37. The van der Waals surface area contributed by atoms with Crippen molar-refractivity contribution in [3.8, 4) is 17.2 Å². The molecule has 3 aromatic rings. The number of hydrogen-bond donors (Lipinski definition) is 1. The molecular weight excluding hydrogens is 392 g/mol. The molecule has 0 saturated carbocycles. The number of esters is 1. The van der Waals surface area contributed by atoms with Crippen molar-refractivity contribution in [3.05, 3.63) is 90.0 Å². The molecule has 0 aliphatic heterocycles. The predicted molar refractivity (Wildman–Crippen MR) is 116 cm³/mol. The van der Waals surface area contributed by atoms with Crippen LogP contribution < -0.4 is 5.32 Å². The van der Waals surface area contributed by atoms with E-state index >= 15 is 0 Å². The number of hydrogen-bond acceptors (Lipinski definition) is 5. The van der Waals surface area contributed by atoms with Gasteiger partial charge in [-0.15, -0.1) is 0 Å². The van der Waals surface area contributed by atoms with E-state index in [4.69, 9.17) is 10.00 Å². The monoisotopic (exact) mass is 412 g/mol. The third kappa shape index (κ3) is 6.38. The van der Waals surface area contributed by atoms with Gasteiger partial charge in [-0.2, -0.15) is 5.26 Å². The average Bonchev–Trinajstić information content (AvgIpc) is 2.82. The second-order valence-electron chi connectivity index (χ2n) is 6.76. The molecule has 0 radical (unpaired) electrons. The summed E-state index contributed by atoms with van der Waals surface area (Å²) in [5.74, 6) is -1.29. The van der Waals surface area contributed by atoms with Gasteiger partial charge in [-0.1, -0.05) is 54.6 Å². The molecule has 0 unspecified atom stereocenters. The molecule has 0 heterocycles. The summed E-state index contributed by atoms with van der Waals surface area (Å²) in [7, 11) is 0. The Balaban J connectivity index is 1.42. The molecule has 154 valence electrons. The molecule has 0 aliphatic rings. The van der Waals surface area contributed by atoms with Crippen molar-refractivity contribution < 1.29 is 19.1 Å². The summed E-state index contributed by atoms with van der Waals surface area (Å²) in [5.41, 5.74) is 3.55. The van der Waals surface area contributed by atoms with Gasteiger partial charge in [0.2, 0.25) is 0 Å². The molecule has 6 heteroatoms. The van der Waals surface area contributed by atoms with Gasteiger partial charge in [0, 0.05) is 17.7 Å². The fourth-order valence-electron chi connectivity index (χ4n) is 2.88. The molecule has 0 aromatic heterocycles. The second-order valence-corrected chi connectivity index (χ2v) is 6.76. The molecule has 0 spiro atoms. The van der Waals surface area contributed by atoms with Crippen LogP contribution in [0.2, 0.25) is 0 Å². The number of nitriles is 1. The Kier molecular flexibility index (Phi) is 7.28. The molecule has 0 atom stereocenters. The van der Waals surface area contributed by atoms with E-state index < -0.39 is 18.5 Å². The molecule has 0 saturated heterocycles. The molecule has 0 aliphatic carbocycles. The Labute approximate surface area is 180 Å². The number of rotatable bonds is 8. The minimum atomic E-state index is -0.621. The lowest BCUT2D eigenvalue weighted by molar-refractivity contribution is -0.147. The molecule has 6 nitrogen and oxygen atoms in total. The maximum absolute atomic E-state index is 12.3. The maximum Gasteiger partial charge on any atom is 0.306 e. The highest BCUT2D eigenvalue weighted by Gasteiger charge is 2.12. The summed E-state index contributed by atoms with van der Waals surface area (Å²) < 4.78 is 4.93. The van der Waals surface area contributed by atoms with Gasteiger partial charge in [0.15, 0.2) is 12.4 Å². The third-order valence-corrected chi connectivity index (χ3v) is 4.53. The van der Waals surface area contributed by atoms with Crippen LogP contribution in [0.3, 0.4) is 0 Å². The highest BCUT2D eigenvalue weighted by molar-refractivity contribution is 5.98. The quantitative estimate of drug-likeness (QED) is 0.438. The normalized spacial score (nSPS) is 10.0. The first-order valence-corrected chi connectivity index (χ1v) is 9.69. The van der Waals surface area contributed by atoms with Crippen LogP contribution in [0.15, 0.2) is 78.9 Å². The molecule has 0 fully saturated rings. The number of carbonyl (C=O) groups excluding carboxylic acids is 3. The van der Waals surface area contributed by atoms with Gasteiger partial charge in [0.05, 0.1) is 18.1 Å². The van der Waals surface area contributed by atoms with Crippen LogP contribution in [0.4, 0.5) is 5.69 Å². The minimum Gasteiger partial charge on any atom is -0.456 e. The van der Waals surface area contributed by atoms with E-state index in [-0.39, 0.29) is 18.6 Å². The van der Waals surface area contributed by atoms with Crippen molar-refractivity contribution in [2.45, 2.75) is 12.8 Å². The van der Waals surface area contributed by atoms with Crippen molar-refractivity contribution in [2.75, 3.05) is 11.9 Å². The lowest BCUT2D eigenvalue weighted by Crippen LogP contribution is -2.21. The Bertz CT molecular complexity index is 1100. The van der Waals surface area contributed by atoms with Gasteiger partial charge in [-0.3, -0.25) is 14.4 Å². The van der Waals surface area contributed by atoms with Crippen LogP contribution in [0.5, 0.6) is 0 Å². The molecule has 3 aromatic carbocycles. The van der Waals surface area contributed by atoms with E-state index in [0.717, 1.165) is 11.1 Å². The fraction of sp³-hybridized carbons (Fsp3) is 0.120.